The van der Waals surface area contributed by atoms with Crippen molar-refractivity contribution in [3.05, 3.63) is 40.6 Å². The van der Waals surface area contributed by atoms with Gasteiger partial charge in [-0.1, -0.05) is 6.07 Å². The van der Waals surface area contributed by atoms with Crippen LogP contribution in [0.4, 0.5) is 0 Å². The molecular formula is C17H25N3O5. The van der Waals surface area contributed by atoms with Crippen LogP contribution >= 0.6 is 0 Å². The molecule has 8 heteroatoms. The Labute approximate surface area is 146 Å². The highest BCUT2D eigenvalue weighted by Gasteiger charge is 2.23. The lowest BCUT2D eigenvalue weighted by atomic mass is 9.97. The third-order valence-corrected chi connectivity index (χ3v) is 3.87. The Morgan fingerprint density at radius 2 is 2.16 bits per heavy atom. The fourth-order valence-electron chi connectivity index (χ4n) is 2.80. The van der Waals surface area contributed by atoms with Crippen molar-refractivity contribution >= 4 is 10.9 Å². The van der Waals surface area contributed by atoms with Crippen LogP contribution in [-0.2, 0) is 4.84 Å². The van der Waals surface area contributed by atoms with Gasteiger partial charge in [0.1, 0.15) is 24.6 Å². The van der Waals surface area contributed by atoms with Crippen LogP contribution in [0.25, 0.3) is 10.9 Å². The number of aromatic amines is 1. The largest absolute Gasteiger partial charge is 0.490 e. The zero-order valence-corrected chi connectivity index (χ0v) is 14.7. The van der Waals surface area contributed by atoms with Crippen LogP contribution in [0.1, 0.15) is 27.2 Å². The van der Waals surface area contributed by atoms with Crippen LogP contribution in [-0.4, -0.2) is 46.1 Å². The summed E-state index contributed by atoms with van der Waals surface area (Å²) in [5, 5.41) is 23.9. The van der Waals surface area contributed by atoms with Gasteiger partial charge in [0.15, 0.2) is 0 Å². The SMILES string of the molecule is CC(CC(C)(C)NCC(O)COc1cccc2[nH]ccc12)O[N+](=O)[O-]. The minimum Gasteiger partial charge on any atom is -0.490 e. The Bertz CT molecular complexity index is 700. The van der Waals surface area contributed by atoms with E-state index in [1.807, 2.05) is 44.3 Å². The smallest absolute Gasteiger partial charge is 0.294 e. The van der Waals surface area contributed by atoms with Crippen molar-refractivity contribution in [3.63, 3.8) is 0 Å². The lowest BCUT2D eigenvalue weighted by Gasteiger charge is -2.29. The number of nitrogens with one attached hydrogen (secondary N) is 2. The van der Waals surface area contributed by atoms with Crippen molar-refractivity contribution in [2.45, 2.75) is 44.9 Å². The molecular weight excluding hydrogens is 326 g/mol. The molecule has 0 aliphatic rings. The van der Waals surface area contributed by atoms with Gasteiger partial charge in [0, 0.05) is 29.2 Å². The average molecular weight is 351 g/mol. The number of aromatic nitrogens is 1. The number of β-amino-alcohol motifs (C(OH)–C–C–N with tert-alkyl or cyclic N) is 1. The zero-order chi connectivity index (χ0) is 18.4. The lowest BCUT2D eigenvalue weighted by molar-refractivity contribution is -0.768. The molecule has 2 atom stereocenters. The standard InChI is InChI=1S/C17H25N3O5/c1-12(25-20(22)23)9-17(2,3)19-10-13(21)11-24-16-6-4-5-15-14(16)7-8-18-15/h4-8,12-13,18-19,21H,9-11H2,1-3H3. The first kappa shape index (κ1) is 19.0. The Morgan fingerprint density at radius 1 is 1.40 bits per heavy atom. The molecule has 0 amide bonds. The van der Waals surface area contributed by atoms with Gasteiger partial charge >= 0.3 is 0 Å². The fraction of sp³-hybridized carbons (Fsp3) is 0.529. The van der Waals surface area contributed by atoms with Crippen molar-refractivity contribution in [1.29, 1.82) is 0 Å². The van der Waals surface area contributed by atoms with Gasteiger partial charge in [-0.15, -0.1) is 10.1 Å². The molecule has 138 valence electrons. The van der Waals surface area contributed by atoms with E-state index in [4.69, 9.17) is 4.74 Å². The summed E-state index contributed by atoms with van der Waals surface area (Å²) in [5.74, 6) is 0.713. The highest BCUT2D eigenvalue weighted by atomic mass is 17.0. The molecule has 2 rings (SSSR count). The molecule has 0 fully saturated rings. The zero-order valence-electron chi connectivity index (χ0n) is 14.7. The topological polar surface area (TPSA) is 110 Å². The molecule has 1 aromatic heterocycles. The minimum absolute atomic E-state index is 0.147. The summed E-state index contributed by atoms with van der Waals surface area (Å²) in [5.41, 5.74) is 0.558. The molecule has 0 saturated heterocycles. The predicted molar refractivity (Wildman–Crippen MR) is 94.0 cm³/mol. The van der Waals surface area contributed by atoms with Crippen LogP contribution < -0.4 is 10.1 Å². The average Bonchev–Trinajstić information content (AvgIpc) is 2.98. The fourth-order valence-corrected chi connectivity index (χ4v) is 2.80. The van der Waals surface area contributed by atoms with Gasteiger partial charge in [-0.2, -0.15) is 0 Å². The maximum Gasteiger partial charge on any atom is 0.294 e. The van der Waals surface area contributed by atoms with Crippen LogP contribution in [0.2, 0.25) is 0 Å². The van der Waals surface area contributed by atoms with E-state index in [2.05, 4.69) is 15.1 Å². The number of aliphatic hydroxyl groups is 1. The Kier molecular flexibility index (Phi) is 6.22. The first-order valence-electron chi connectivity index (χ1n) is 8.20. The number of fused-ring (bicyclic) bond motifs is 1. The van der Waals surface area contributed by atoms with Crippen LogP contribution in [0, 0.1) is 10.1 Å². The van der Waals surface area contributed by atoms with Gasteiger partial charge < -0.3 is 25.0 Å². The summed E-state index contributed by atoms with van der Waals surface area (Å²) in [6.45, 7) is 5.90. The van der Waals surface area contributed by atoms with E-state index < -0.39 is 22.8 Å². The summed E-state index contributed by atoms with van der Waals surface area (Å²) in [4.78, 5) is 18.0. The lowest BCUT2D eigenvalue weighted by Crippen LogP contribution is -2.46. The van der Waals surface area contributed by atoms with Crippen molar-refractivity contribution in [1.82, 2.24) is 10.3 Å². The van der Waals surface area contributed by atoms with Crippen molar-refractivity contribution in [2.75, 3.05) is 13.2 Å². The second-order valence-electron chi connectivity index (χ2n) is 6.77. The molecule has 25 heavy (non-hydrogen) atoms. The Hall–Kier alpha value is -2.32. The molecule has 0 aliphatic heterocycles. The second-order valence-corrected chi connectivity index (χ2v) is 6.77. The van der Waals surface area contributed by atoms with Crippen LogP contribution in [0.15, 0.2) is 30.5 Å². The van der Waals surface area contributed by atoms with Gasteiger partial charge in [0.25, 0.3) is 5.09 Å². The van der Waals surface area contributed by atoms with Gasteiger partial charge in [-0.3, -0.25) is 0 Å². The summed E-state index contributed by atoms with van der Waals surface area (Å²) in [6.07, 6.45) is 1.04. The third-order valence-electron chi connectivity index (χ3n) is 3.87. The first-order valence-corrected chi connectivity index (χ1v) is 8.20. The van der Waals surface area contributed by atoms with Gasteiger partial charge in [0.2, 0.25) is 0 Å². The third kappa shape index (κ3) is 5.91. The van der Waals surface area contributed by atoms with E-state index in [1.54, 1.807) is 6.92 Å². The van der Waals surface area contributed by atoms with Crippen LogP contribution in [0.3, 0.4) is 0 Å². The highest BCUT2D eigenvalue weighted by molar-refractivity contribution is 5.85. The van der Waals surface area contributed by atoms with Crippen LogP contribution in [0.5, 0.6) is 5.75 Å². The number of ether oxygens (including phenoxy) is 1. The second kappa shape index (κ2) is 8.17. The molecule has 2 unspecified atom stereocenters. The van der Waals surface area contributed by atoms with Crippen molar-refractivity contribution < 1.29 is 19.8 Å². The number of benzene rings is 1. The number of hydrogen-bond acceptors (Lipinski definition) is 6. The monoisotopic (exact) mass is 351 g/mol. The Balaban J connectivity index is 1.79. The number of hydrogen-bond donors (Lipinski definition) is 3. The number of aliphatic hydroxyl groups excluding tert-OH is 1. The van der Waals surface area contributed by atoms with E-state index in [-0.39, 0.29) is 6.61 Å². The predicted octanol–water partition coefficient (Wildman–Crippen LogP) is 2.26. The van der Waals surface area contributed by atoms with Gasteiger partial charge in [-0.25, -0.2) is 0 Å². The quantitative estimate of drug-likeness (QED) is 0.447. The highest BCUT2D eigenvalue weighted by Crippen LogP contribution is 2.24. The molecule has 3 N–H and O–H groups in total. The molecule has 0 bridgehead atoms. The Morgan fingerprint density at radius 3 is 2.88 bits per heavy atom. The van der Waals surface area contributed by atoms with E-state index in [9.17, 15) is 15.2 Å². The van der Waals surface area contributed by atoms with E-state index in [1.165, 1.54) is 0 Å². The number of nitrogens with zero attached hydrogens (tertiary/aromatic N) is 1. The molecule has 1 heterocycles. The number of rotatable bonds is 10. The van der Waals surface area contributed by atoms with Gasteiger partial charge in [0.05, 0.1) is 0 Å². The molecule has 1 aromatic carbocycles. The summed E-state index contributed by atoms with van der Waals surface area (Å²) in [7, 11) is 0. The van der Waals surface area contributed by atoms with Crippen molar-refractivity contribution in [2.24, 2.45) is 0 Å². The van der Waals surface area contributed by atoms with E-state index in [0.29, 0.717) is 18.7 Å². The van der Waals surface area contributed by atoms with Crippen molar-refractivity contribution in [3.8, 4) is 5.75 Å². The molecule has 2 aromatic rings. The normalized spacial score (nSPS) is 14.2. The summed E-state index contributed by atoms with van der Waals surface area (Å²) in [6, 6.07) is 7.63. The molecule has 0 spiro atoms. The summed E-state index contributed by atoms with van der Waals surface area (Å²) < 4.78 is 5.71. The molecule has 0 aliphatic carbocycles. The maximum absolute atomic E-state index is 10.4. The van der Waals surface area contributed by atoms with Gasteiger partial charge in [-0.05, 0) is 45.4 Å². The molecule has 0 saturated carbocycles. The summed E-state index contributed by atoms with van der Waals surface area (Å²) >= 11 is 0. The van der Waals surface area contributed by atoms with E-state index in [0.717, 1.165) is 10.9 Å². The minimum atomic E-state index is -0.787. The maximum atomic E-state index is 10.4. The van der Waals surface area contributed by atoms with E-state index >= 15 is 0 Å². The molecule has 0 radical (unpaired) electrons. The number of H-pyrrole nitrogens is 1. The first-order chi connectivity index (χ1) is 11.8. The molecule has 8 nitrogen and oxygen atoms in total.